The van der Waals surface area contributed by atoms with Crippen molar-refractivity contribution in [3.63, 3.8) is 0 Å². The number of hydrogen-bond donors (Lipinski definition) is 2. The second kappa shape index (κ2) is 9.71. The first kappa shape index (κ1) is 19.6. The van der Waals surface area contributed by atoms with Gasteiger partial charge in [0.15, 0.2) is 0 Å². The first-order valence-electron chi connectivity index (χ1n) is 8.76. The summed E-state index contributed by atoms with van der Waals surface area (Å²) in [6, 6.07) is 23.4. The molecule has 0 fully saturated rings. The molecule has 0 radical (unpaired) electrons. The summed E-state index contributed by atoms with van der Waals surface area (Å²) in [6.45, 7) is 0.696. The van der Waals surface area contributed by atoms with E-state index in [4.69, 9.17) is 4.74 Å². The molecule has 0 aliphatic rings. The predicted molar refractivity (Wildman–Crippen MR) is 113 cm³/mol. The van der Waals surface area contributed by atoms with Crippen molar-refractivity contribution in [3.05, 3.63) is 94.5 Å². The van der Waals surface area contributed by atoms with Crippen molar-refractivity contribution in [3.8, 4) is 5.75 Å². The lowest BCUT2D eigenvalue weighted by atomic mass is 10.1. The van der Waals surface area contributed by atoms with E-state index in [1.807, 2.05) is 36.4 Å². The fraction of sp³-hybridized carbons (Fsp3) is 0.0909. The number of benzene rings is 3. The van der Waals surface area contributed by atoms with Gasteiger partial charge in [-0.3, -0.25) is 9.59 Å². The maximum Gasteiger partial charge on any atom is 0.256 e. The van der Waals surface area contributed by atoms with Crippen LogP contribution in [-0.4, -0.2) is 25.0 Å². The summed E-state index contributed by atoms with van der Waals surface area (Å²) in [4.78, 5) is 25.1. The third kappa shape index (κ3) is 5.20. The Labute approximate surface area is 171 Å². The second-order valence-corrected chi connectivity index (χ2v) is 6.75. The van der Waals surface area contributed by atoms with E-state index >= 15 is 0 Å². The Kier molecular flexibility index (Phi) is 6.81. The van der Waals surface area contributed by atoms with Gasteiger partial charge in [0, 0.05) is 4.47 Å². The first-order chi connectivity index (χ1) is 13.6. The summed E-state index contributed by atoms with van der Waals surface area (Å²) >= 11 is 3.37. The van der Waals surface area contributed by atoms with E-state index < -0.39 is 0 Å². The van der Waals surface area contributed by atoms with Gasteiger partial charge in [-0.25, -0.2) is 0 Å². The van der Waals surface area contributed by atoms with Crippen molar-refractivity contribution in [2.45, 2.75) is 0 Å². The highest BCUT2D eigenvalue weighted by molar-refractivity contribution is 9.10. The molecule has 0 heterocycles. The molecule has 2 N–H and O–H groups in total. The zero-order valence-corrected chi connectivity index (χ0v) is 16.6. The maximum absolute atomic E-state index is 12.5. The Morgan fingerprint density at radius 1 is 0.786 bits per heavy atom. The molecule has 5 nitrogen and oxygen atoms in total. The largest absolute Gasteiger partial charge is 0.492 e. The van der Waals surface area contributed by atoms with Gasteiger partial charge in [-0.1, -0.05) is 42.5 Å². The summed E-state index contributed by atoms with van der Waals surface area (Å²) in [6.07, 6.45) is 0. The highest BCUT2D eigenvalue weighted by Gasteiger charge is 2.15. The smallest absolute Gasteiger partial charge is 0.256 e. The van der Waals surface area contributed by atoms with Gasteiger partial charge in [-0.15, -0.1) is 0 Å². The van der Waals surface area contributed by atoms with E-state index in [1.54, 1.807) is 42.5 Å². The molecule has 0 saturated heterocycles. The third-order valence-corrected chi connectivity index (χ3v) is 4.63. The molecule has 0 bridgehead atoms. The van der Waals surface area contributed by atoms with Crippen molar-refractivity contribution < 1.29 is 14.3 Å². The minimum absolute atomic E-state index is 0.278. The maximum atomic E-state index is 12.5. The van der Waals surface area contributed by atoms with Gasteiger partial charge in [0.2, 0.25) is 0 Å². The van der Waals surface area contributed by atoms with E-state index in [0.29, 0.717) is 34.4 Å². The molecule has 3 rings (SSSR count). The molecule has 0 aromatic heterocycles. The van der Waals surface area contributed by atoms with Gasteiger partial charge in [0.05, 0.1) is 23.4 Å². The van der Waals surface area contributed by atoms with Crippen LogP contribution in [0.15, 0.2) is 83.3 Å². The van der Waals surface area contributed by atoms with E-state index in [9.17, 15) is 9.59 Å². The van der Waals surface area contributed by atoms with Crippen molar-refractivity contribution in [1.29, 1.82) is 0 Å². The summed E-state index contributed by atoms with van der Waals surface area (Å²) in [7, 11) is 0. The lowest BCUT2D eigenvalue weighted by Crippen LogP contribution is -2.29. The van der Waals surface area contributed by atoms with E-state index in [-0.39, 0.29) is 11.8 Å². The lowest BCUT2D eigenvalue weighted by molar-refractivity contribution is 0.0948. The van der Waals surface area contributed by atoms with Crippen LogP contribution >= 0.6 is 15.9 Å². The van der Waals surface area contributed by atoms with Crippen LogP contribution in [0.2, 0.25) is 0 Å². The number of para-hydroxylation sites is 2. The predicted octanol–water partition coefficient (Wildman–Crippen LogP) is 4.51. The minimum Gasteiger partial charge on any atom is -0.492 e. The Morgan fingerprint density at radius 2 is 1.43 bits per heavy atom. The Hall–Kier alpha value is -3.12. The molecule has 0 atom stereocenters. The molecule has 142 valence electrons. The van der Waals surface area contributed by atoms with Gasteiger partial charge in [0.25, 0.3) is 11.8 Å². The number of amides is 2. The molecule has 0 spiro atoms. The summed E-state index contributed by atoms with van der Waals surface area (Å²) in [5.41, 5.74) is 1.33. The van der Waals surface area contributed by atoms with E-state index in [2.05, 4.69) is 26.6 Å². The number of rotatable bonds is 7. The summed E-state index contributed by atoms with van der Waals surface area (Å²) in [5.74, 6) is 0.178. The molecule has 0 aliphatic heterocycles. The zero-order chi connectivity index (χ0) is 19.8. The normalized spacial score (nSPS) is 10.2. The van der Waals surface area contributed by atoms with E-state index in [1.165, 1.54) is 0 Å². The van der Waals surface area contributed by atoms with Crippen LogP contribution in [0.1, 0.15) is 20.7 Å². The van der Waals surface area contributed by atoms with Gasteiger partial charge in [-0.05, 0) is 52.3 Å². The van der Waals surface area contributed by atoms with Gasteiger partial charge in [-0.2, -0.15) is 0 Å². The first-order valence-corrected chi connectivity index (χ1v) is 9.55. The van der Waals surface area contributed by atoms with Crippen molar-refractivity contribution in [1.82, 2.24) is 5.32 Å². The van der Waals surface area contributed by atoms with Crippen LogP contribution in [0.3, 0.4) is 0 Å². The van der Waals surface area contributed by atoms with Crippen LogP contribution in [0.5, 0.6) is 5.75 Å². The van der Waals surface area contributed by atoms with Gasteiger partial charge in [0.1, 0.15) is 12.4 Å². The van der Waals surface area contributed by atoms with Crippen LogP contribution in [0.4, 0.5) is 5.69 Å². The average Bonchev–Trinajstić information content (AvgIpc) is 2.72. The summed E-state index contributed by atoms with van der Waals surface area (Å²) in [5, 5.41) is 5.61. The summed E-state index contributed by atoms with van der Waals surface area (Å²) < 4.78 is 6.26. The van der Waals surface area contributed by atoms with Gasteiger partial charge < -0.3 is 15.4 Å². The van der Waals surface area contributed by atoms with Crippen molar-refractivity contribution in [2.75, 3.05) is 18.5 Å². The number of halogens is 1. The molecule has 0 unspecified atom stereocenters. The highest BCUT2D eigenvalue weighted by atomic mass is 79.9. The number of nitrogens with one attached hydrogen (secondary N) is 2. The van der Waals surface area contributed by atoms with Crippen LogP contribution in [0, 0.1) is 0 Å². The number of hydrogen-bond acceptors (Lipinski definition) is 3. The quantitative estimate of drug-likeness (QED) is 0.533. The molecule has 2 amide bonds. The highest BCUT2D eigenvalue weighted by Crippen LogP contribution is 2.20. The molecule has 3 aromatic carbocycles. The number of carbonyl (C=O) groups excluding carboxylic acids is 2. The number of ether oxygens (including phenoxy) is 1. The van der Waals surface area contributed by atoms with E-state index in [0.717, 1.165) is 5.75 Å². The standard InChI is InChI=1S/C22H19BrN2O3/c23-19-12-6-4-10-17(19)22(27)25-20-13-7-5-11-18(20)21(26)24-14-15-28-16-8-2-1-3-9-16/h1-13H,14-15H2,(H,24,26)(H,25,27). The molecule has 0 saturated carbocycles. The minimum atomic E-state index is -0.292. The number of anilines is 1. The molecule has 3 aromatic rings. The monoisotopic (exact) mass is 438 g/mol. The van der Waals surface area contributed by atoms with Crippen LogP contribution < -0.4 is 15.4 Å². The van der Waals surface area contributed by atoms with Crippen molar-refractivity contribution in [2.24, 2.45) is 0 Å². The average molecular weight is 439 g/mol. The molecular weight excluding hydrogens is 420 g/mol. The van der Waals surface area contributed by atoms with Crippen LogP contribution in [0.25, 0.3) is 0 Å². The molecule has 0 aliphatic carbocycles. The second-order valence-electron chi connectivity index (χ2n) is 5.90. The number of carbonyl (C=O) groups is 2. The Balaban J connectivity index is 1.60. The Bertz CT molecular complexity index is 961. The molecule has 6 heteroatoms. The lowest BCUT2D eigenvalue weighted by Gasteiger charge is -2.12. The zero-order valence-electron chi connectivity index (χ0n) is 15.0. The fourth-order valence-corrected chi connectivity index (χ4v) is 3.04. The van der Waals surface area contributed by atoms with Gasteiger partial charge >= 0.3 is 0 Å². The van der Waals surface area contributed by atoms with Crippen molar-refractivity contribution >= 4 is 33.4 Å². The fourth-order valence-electron chi connectivity index (χ4n) is 2.57. The SMILES string of the molecule is O=C(Nc1ccccc1C(=O)NCCOc1ccccc1)c1ccccc1Br. The molecular formula is C22H19BrN2O3. The Morgan fingerprint density at radius 3 is 2.18 bits per heavy atom. The van der Waals surface area contributed by atoms with Crippen LogP contribution in [-0.2, 0) is 0 Å². The topological polar surface area (TPSA) is 67.4 Å². The third-order valence-electron chi connectivity index (χ3n) is 3.94. The molecule has 28 heavy (non-hydrogen) atoms.